The number of carbonyl (C=O) groups excluding carboxylic acids is 1. The second-order valence-corrected chi connectivity index (χ2v) is 3.18. The Morgan fingerprint density at radius 3 is 2.50 bits per heavy atom. The van der Waals surface area contributed by atoms with E-state index in [1.54, 1.807) is 0 Å². The van der Waals surface area contributed by atoms with Gasteiger partial charge in [-0.3, -0.25) is 0 Å². The molecule has 0 saturated carbocycles. The van der Waals surface area contributed by atoms with Crippen LogP contribution in [0.4, 0.5) is 13.2 Å². The normalized spacial score (nSPS) is 11.1. The highest BCUT2D eigenvalue weighted by Crippen LogP contribution is 2.32. The summed E-state index contributed by atoms with van der Waals surface area (Å²) in [6.07, 6.45) is -4.89. The van der Waals surface area contributed by atoms with Crippen LogP contribution >= 0.6 is 12.6 Å². The number of thiol groups is 1. The first-order valence-corrected chi connectivity index (χ1v) is 4.46. The van der Waals surface area contributed by atoms with Gasteiger partial charge in [-0.2, -0.15) is 0 Å². The van der Waals surface area contributed by atoms with Gasteiger partial charge in [-0.15, -0.1) is 25.8 Å². The van der Waals surface area contributed by atoms with Crippen molar-refractivity contribution in [1.29, 1.82) is 0 Å². The predicted molar refractivity (Wildman–Crippen MR) is 51.7 cm³/mol. The molecule has 0 aromatic heterocycles. The molecule has 1 aromatic rings. The standard InChI is InChI=1S/C9H7F3O3S/c1-14-8(13)5-3-2-4-6(16)7(5)15-9(10,11)12/h2-4,16H,1H3. The van der Waals surface area contributed by atoms with E-state index in [0.29, 0.717) is 0 Å². The number of hydrogen-bond donors (Lipinski definition) is 1. The molecule has 3 nitrogen and oxygen atoms in total. The van der Waals surface area contributed by atoms with E-state index in [1.165, 1.54) is 12.1 Å². The fourth-order valence-electron chi connectivity index (χ4n) is 1.02. The Hall–Kier alpha value is -1.37. The number of rotatable bonds is 2. The molecule has 0 N–H and O–H groups in total. The van der Waals surface area contributed by atoms with Gasteiger partial charge in [0.1, 0.15) is 5.56 Å². The van der Waals surface area contributed by atoms with Crippen molar-refractivity contribution in [3.63, 3.8) is 0 Å². The number of carbonyl (C=O) groups is 1. The van der Waals surface area contributed by atoms with Gasteiger partial charge < -0.3 is 9.47 Å². The number of para-hydroxylation sites is 1. The van der Waals surface area contributed by atoms with Crippen molar-refractivity contribution in [3.8, 4) is 5.75 Å². The zero-order valence-electron chi connectivity index (χ0n) is 8.04. The maximum atomic E-state index is 12.1. The summed E-state index contributed by atoms with van der Waals surface area (Å²) in [6.45, 7) is 0. The average Bonchev–Trinajstić information content (AvgIpc) is 2.18. The molecule has 0 aliphatic heterocycles. The van der Waals surface area contributed by atoms with Gasteiger partial charge in [0.05, 0.1) is 7.11 Å². The Balaban J connectivity index is 3.19. The molecule has 0 atom stereocenters. The number of halogens is 3. The van der Waals surface area contributed by atoms with E-state index in [9.17, 15) is 18.0 Å². The minimum atomic E-state index is -4.89. The summed E-state index contributed by atoms with van der Waals surface area (Å²) >= 11 is 3.78. The van der Waals surface area contributed by atoms with E-state index in [4.69, 9.17) is 0 Å². The van der Waals surface area contributed by atoms with Crippen LogP contribution in [0.25, 0.3) is 0 Å². The van der Waals surface area contributed by atoms with E-state index in [-0.39, 0.29) is 10.5 Å². The molecule has 0 aliphatic rings. The fourth-order valence-corrected chi connectivity index (χ4v) is 1.27. The summed E-state index contributed by atoms with van der Waals surface area (Å²) in [4.78, 5) is 11.1. The van der Waals surface area contributed by atoms with E-state index < -0.39 is 18.1 Å². The Kier molecular flexibility index (Phi) is 3.69. The number of alkyl halides is 3. The van der Waals surface area contributed by atoms with Crippen molar-refractivity contribution in [3.05, 3.63) is 23.8 Å². The lowest BCUT2D eigenvalue weighted by Crippen LogP contribution is -2.19. The largest absolute Gasteiger partial charge is 0.573 e. The molecule has 0 saturated heterocycles. The first-order valence-electron chi connectivity index (χ1n) is 4.01. The molecule has 7 heteroatoms. The molecular formula is C9H7F3O3S. The van der Waals surface area contributed by atoms with Crippen LogP contribution in [0, 0.1) is 0 Å². The maximum absolute atomic E-state index is 12.1. The maximum Gasteiger partial charge on any atom is 0.573 e. The Morgan fingerprint density at radius 2 is 2.00 bits per heavy atom. The summed E-state index contributed by atoms with van der Waals surface area (Å²) in [5.41, 5.74) is -0.327. The highest BCUT2D eigenvalue weighted by atomic mass is 32.1. The van der Waals surface area contributed by atoms with Gasteiger partial charge in [-0.05, 0) is 12.1 Å². The van der Waals surface area contributed by atoms with Crippen molar-refractivity contribution in [1.82, 2.24) is 0 Å². The summed E-state index contributed by atoms with van der Waals surface area (Å²) < 4.78 is 44.2. The van der Waals surface area contributed by atoms with Crippen molar-refractivity contribution >= 4 is 18.6 Å². The molecule has 88 valence electrons. The number of esters is 1. The number of methoxy groups -OCH3 is 1. The van der Waals surface area contributed by atoms with Crippen LogP contribution in [0.2, 0.25) is 0 Å². The highest BCUT2D eigenvalue weighted by Gasteiger charge is 2.34. The number of ether oxygens (including phenoxy) is 2. The molecule has 0 heterocycles. The molecule has 0 unspecified atom stereocenters. The molecule has 0 amide bonds. The van der Waals surface area contributed by atoms with Crippen molar-refractivity contribution in [2.75, 3.05) is 7.11 Å². The first-order chi connectivity index (χ1) is 7.35. The first kappa shape index (κ1) is 12.7. The Morgan fingerprint density at radius 1 is 1.38 bits per heavy atom. The molecule has 0 bridgehead atoms. The van der Waals surface area contributed by atoms with Crippen molar-refractivity contribution in [2.24, 2.45) is 0 Å². The predicted octanol–water partition coefficient (Wildman–Crippen LogP) is 2.66. The van der Waals surface area contributed by atoms with Gasteiger partial charge in [0.15, 0.2) is 5.75 Å². The van der Waals surface area contributed by atoms with Crippen LogP contribution in [0.3, 0.4) is 0 Å². The van der Waals surface area contributed by atoms with Crippen molar-refractivity contribution in [2.45, 2.75) is 11.3 Å². The highest BCUT2D eigenvalue weighted by molar-refractivity contribution is 7.80. The Labute approximate surface area is 94.6 Å². The zero-order chi connectivity index (χ0) is 12.3. The van der Waals surface area contributed by atoms with E-state index in [2.05, 4.69) is 22.1 Å². The van der Waals surface area contributed by atoms with Crippen LogP contribution < -0.4 is 4.74 Å². The minimum Gasteiger partial charge on any atom is -0.465 e. The third kappa shape index (κ3) is 3.06. The van der Waals surface area contributed by atoms with Gasteiger partial charge in [-0.1, -0.05) is 6.07 Å². The summed E-state index contributed by atoms with van der Waals surface area (Å²) in [5.74, 6) is -1.58. The molecular weight excluding hydrogens is 245 g/mol. The molecule has 16 heavy (non-hydrogen) atoms. The van der Waals surface area contributed by atoms with Gasteiger partial charge in [0.25, 0.3) is 0 Å². The van der Waals surface area contributed by atoms with Crippen LogP contribution in [0.5, 0.6) is 5.75 Å². The molecule has 0 aliphatic carbocycles. The monoisotopic (exact) mass is 252 g/mol. The van der Waals surface area contributed by atoms with Crippen LogP contribution in [0.1, 0.15) is 10.4 Å². The van der Waals surface area contributed by atoms with Crippen molar-refractivity contribution < 1.29 is 27.4 Å². The van der Waals surface area contributed by atoms with Gasteiger partial charge >= 0.3 is 12.3 Å². The SMILES string of the molecule is COC(=O)c1cccc(S)c1OC(F)(F)F. The third-order valence-corrected chi connectivity index (χ3v) is 1.97. The second kappa shape index (κ2) is 4.65. The smallest absolute Gasteiger partial charge is 0.465 e. The number of hydrogen-bond acceptors (Lipinski definition) is 4. The second-order valence-electron chi connectivity index (χ2n) is 2.69. The van der Waals surface area contributed by atoms with Crippen LogP contribution in [0.15, 0.2) is 23.1 Å². The topological polar surface area (TPSA) is 35.5 Å². The average molecular weight is 252 g/mol. The van der Waals surface area contributed by atoms with Crippen LogP contribution in [-0.2, 0) is 4.74 Å². The Bertz CT molecular complexity index is 403. The van der Waals surface area contributed by atoms with Gasteiger partial charge in [0, 0.05) is 4.90 Å². The molecule has 0 fully saturated rings. The van der Waals surface area contributed by atoms with Gasteiger partial charge in [0.2, 0.25) is 0 Å². The summed E-state index contributed by atoms with van der Waals surface area (Å²) in [7, 11) is 1.06. The molecule has 0 spiro atoms. The third-order valence-electron chi connectivity index (χ3n) is 1.62. The van der Waals surface area contributed by atoms with Gasteiger partial charge in [-0.25, -0.2) is 4.79 Å². The molecule has 0 radical (unpaired) electrons. The number of benzene rings is 1. The summed E-state index contributed by atoms with van der Waals surface area (Å²) in [5, 5.41) is 0. The lowest BCUT2D eigenvalue weighted by Gasteiger charge is -2.13. The van der Waals surface area contributed by atoms with Crippen LogP contribution in [-0.4, -0.2) is 19.4 Å². The minimum absolute atomic E-state index is 0.0970. The zero-order valence-corrected chi connectivity index (χ0v) is 8.93. The van der Waals surface area contributed by atoms with E-state index in [1.807, 2.05) is 0 Å². The quantitative estimate of drug-likeness (QED) is 0.649. The lowest BCUT2D eigenvalue weighted by atomic mass is 10.2. The van der Waals surface area contributed by atoms with E-state index in [0.717, 1.165) is 13.2 Å². The fraction of sp³-hybridized carbons (Fsp3) is 0.222. The molecule has 1 aromatic carbocycles. The summed E-state index contributed by atoms with van der Waals surface area (Å²) in [6, 6.07) is 3.81. The lowest BCUT2D eigenvalue weighted by molar-refractivity contribution is -0.275. The van der Waals surface area contributed by atoms with E-state index >= 15 is 0 Å². The molecule has 1 rings (SSSR count).